The van der Waals surface area contributed by atoms with Crippen molar-refractivity contribution in [1.29, 1.82) is 0 Å². The van der Waals surface area contributed by atoms with Crippen LogP contribution in [0.25, 0.3) is 0 Å². The number of aliphatic hydroxyl groups excluding tert-OH is 1. The monoisotopic (exact) mass is 370 g/mol. The molecule has 0 aromatic carbocycles. The van der Waals surface area contributed by atoms with Gasteiger partial charge in [0, 0.05) is 45.7 Å². The van der Waals surface area contributed by atoms with Crippen molar-refractivity contribution in [1.82, 2.24) is 14.8 Å². The summed E-state index contributed by atoms with van der Waals surface area (Å²) in [7, 11) is 0. The van der Waals surface area contributed by atoms with Gasteiger partial charge in [-0.1, -0.05) is 11.6 Å². The first kappa shape index (κ1) is 19.6. The molecule has 138 valence electrons. The van der Waals surface area contributed by atoms with Crippen molar-refractivity contribution in [2.24, 2.45) is 5.92 Å². The highest BCUT2D eigenvalue weighted by Gasteiger charge is 2.26. The van der Waals surface area contributed by atoms with Crippen LogP contribution in [0.4, 0.5) is 5.69 Å². The smallest absolute Gasteiger partial charge is 0.308 e. The Kier molecular flexibility index (Phi) is 7.57. The number of amides is 1. The van der Waals surface area contributed by atoms with E-state index in [9.17, 15) is 14.7 Å². The number of rotatable bonds is 8. The number of aliphatic carboxylic acids is 1. The highest BCUT2D eigenvalue weighted by Crippen LogP contribution is 2.13. The fraction of sp³-hybridized carbons (Fsp3) is 0.562. The summed E-state index contributed by atoms with van der Waals surface area (Å²) in [6.45, 7) is 4.11. The van der Waals surface area contributed by atoms with Gasteiger partial charge in [-0.25, -0.2) is 4.98 Å². The van der Waals surface area contributed by atoms with Crippen molar-refractivity contribution in [3.8, 4) is 0 Å². The molecule has 8 nitrogen and oxygen atoms in total. The quantitative estimate of drug-likeness (QED) is 0.568. The minimum absolute atomic E-state index is 0.102. The Morgan fingerprint density at radius 1 is 1.24 bits per heavy atom. The summed E-state index contributed by atoms with van der Waals surface area (Å²) in [4.78, 5) is 31.6. The van der Waals surface area contributed by atoms with Gasteiger partial charge in [0.05, 0.1) is 24.4 Å². The highest BCUT2D eigenvalue weighted by atomic mass is 35.5. The fourth-order valence-corrected chi connectivity index (χ4v) is 2.88. The van der Waals surface area contributed by atoms with Crippen LogP contribution in [0, 0.1) is 5.92 Å². The zero-order valence-corrected chi connectivity index (χ0v) is 14.7. The summed E-state index contributed by atoms with van der Waals surface area (Å²) in [6, 6.07) is 3.17. The number of nitrogens with one attached hydrogen (secondary N) is 1. The van der Waals surface area contributed by atoms with Gasteiger partial charge in [0.25, 0.3) is 0 Å². The van der Waals surface area contributed by atoms with E-state index >= 15 is 0 Å². The number of pyridine rings is 1. The number of aliphatic hydroxyl groups is 1. The molecule has 1 amide bonds. The summed E-state index contributed by atoms with van der Waals surface area (Å²) in [6.07, 6.45) is 1.32. The van der Waals surface area contributed by atoms with E-state index < -0.39 is 11.9 Å². The number of hydrogen-bond donors (Lipinski definition) is 3. The first-order chi connectivity index (χ1) is 12.0. The SMILES string of the molecule is O=C(CC(CN1CCN(CCO)CC1)C(=O)O)Nc1ccc(Cl)nc1. The standard InChI is InChI=1S/C16H23ClN4O4/c17-14-2-1-13(10-18-14)19-15(23)9-12(16(24)25)11-21-5-3-20(4-6-21)7-8-22/h1-2,10,12,22H,3-9,11H2,(H,19,23)(H,24,25). The van der Waals surface area contributed by atoms with Crippen LogP contribution in [0.5, 0.6) is 0 Å². The third-order valence-electron chi connectivity index (χ3n) is 4.15. The van der Waals surface area contributed by atoms with Gasteiger partial charge in [0.15, 0.2) is 0 Å². The molecule has 3 N–H and O–H groups in total. The predicted molar refractivity (Wildman–Crippen MR) is 93.6 cm³/mol. The van der Waals surface area contributed by atoms with Crippen molar-refractivity contribution >= 4 is 29.2 Å². The molecule has 0 aliphatic carbocycles. The van der Waals surface area contributed by atoms with E-state index in [1.54, 1.807) is 12.1 Å². The number of nitrogens with zero attached hydrogens (tertiary/aromatic N) is 3. The molecule has 1 aliphatic rings. The number of β-amino-alcohol motifs (C(OH)–C–C–N with tert-alkyl or cyclic N) is 1. The van der Waals surface area contributed by atoms with Crippen LogP contribution in [0.15, 0.2) is 18.3 Å². The van der Waals surface area contributed by atoms with Gasteiger partial charge < -0.3 is 15.5 Å². The molecule has 1 unspecified atom stereocenters. The second-order valence-electron chi connectivity index (χ2n) is 6.02. The Morgan fingerprint density at radius 3 is 2.48 bits per heavy atom. The number of piperazine rings is 1. The lowest BCUT2D eigenvalue weighted by Gasteiger charge is -2.35. The molecule has 2 rings (SSSR count). The highest BCUT2D eigenvalue weighted by molar-refractivity contribution is 6.29. The third-order valence-corrected chi connectivity index (χ3v) is 4.38. The van der Waals surface area contributed by atoms with Crippen LogP contribution in [0.1, 0.15) is 6.42 Å². The number of carbonyl (C=O) groups excluding carboxylic acids is 1. The van der Waals surface area contributed by atoms with Gasteiger partial charge in [0.1, 0.15) is 5.15 Å². The summed E-state index contributed by atoms with van der Waals surface area (Å²) in [5, 5.41) is 21.3. The van der Waals surface area contributed by atoms with E-state index in [1.807, 2.05) is 4.90 Å². The van der Waals surface area contributed by atoms with Crippen molar-refractivity contribution in [2.45, 2.75) is 6.42 Å². The molecule has 25 heavy (non-hydrogen) atoms. The molecule has 0 bridgehead atoms. The summed E-state index contributed by atoms with van der Waals surface area (Å²) in [5.74, 6) is -2.12. The molecule has 0 spiro atoms. The van der Waals surface area contributed by atoms with E-state index in [2.05, 4.69) is 15.2 Å². The van der Waals surface area contributed by atoms with Gasteiger partial charge in [-0.05, 0) is 12.1 Å². The second kappa shape index (κ2) is 9.67. The normalized spacial score (nSPS) is 17.2. The first-order valence-electron chi connectivity index (χ1n) is 8.17. The maximum Gasteiger partial charge on any atom is 0.308 e. The van der Waals surface area contributed by atoms with Crippen LogP contribution in [0.3, 0.4) is 0 Å². The van der Waals surface area contributed by atoms with Crippen LogP contribution in [-0.4, -0.2) is 82.7 Å². The fourth-order valence-electron chi connectivity index (χ4n) is 2.76. The Balaban J connectivity index is 1.83. The summed E-state index contributed by atoms with van der Waals surface area (Å²) in [5.41, 5.74) is 0.483. The van der Waals surface area contributed by atoms with E-state index in [-0.39, 0.29) is 18.9 Å². The van der Waals surface area contributed by atoms with Gasteiger partial charge in [0.2, 0.25) is 5.91 Å². The van der Waals surface area contributed by atoms with Crippen LogP contribution in [-0.2, 0) is 9.59 Å². The third kappa shape index (κ3) is 6.58. The minimum atomic E-state index is -0.984. The molecule has 2 heterocycles. The molecular formula is C16H23ClN4O4. The Morgan fingerprint density at radius 2 is 1.92 bits per heavy atom. The molecule has 9 heteroatoms. The minimum Gasteiger partial charge on any atom is -0.481 e. The number of anilines is 1. The van der Waals surface area contributed by atoms with Crippen molar-refractivity contribution in [3.63, 3.8) is 0 Å². The van der Waals surface area contributed by atoms with E-state index in [0.29, 0.717) is 23.9 Å². The maximum atomic E-state index is 12.1. The predicted octanol–water partition coefficient (Wildman–Crippen LogP) is 0.374. The van der Waals surface area contributed by atoms with Gasteiger partial charge >= 0.3 is 5.97 Å². The number of carbonyl (C=O) groups is 2. The van der Waals surface area contributed by atoms with Gasteiger partial charge in [-0.2, -0.15) is 0 Å². The van der Waals surface area contributed by atoms with E-state index in [0.717, 1.165) is 26.2 Å². The molecule has 1 aromatic heterocycles. The number of hydrogen-bond acceptors (Lipinski definition) is 6. The van der Waals surface area contributed by atoms with E-state index in [4.69, 9.17) is 16.7 Å². The summed E-state index contributed by atoms with van der Waals surface area (Å²) >= 11 is 5.69. The van der Waals surface area contributed by atoms with E-state index in [1.165, 1.54) is 6.20 Å². The lowest BCUT2D eigenvalue weighted by Crippen LogP contribution is -2.49. The lowest BCUT2D eigenvalue weighted by molar-refractivity contribution is -0.144. The molecule has 1 atom stereocenters. The average Bonchev–Trinajstić information content (AvgIpc) is 2.58. The first-order valence-corrected chi connectivity index (χ1v) is 8.55. The topological polar surface area (TPSA) is 106 Å². The Labute approximate surface area is 151 Å². The van der Waals surface area contributed by atoms with Crippen molar-refractivity contribution in [2.75, 3.05) is 51.2 Å². The molecule has 1 aromatic rings. The summed E-state index contributed by atoms with van der Waals surface area (Å²) < 4.78 is 0. The second-order valence-corrected chi connectivity index (χ2v) is 6.41. The molecule has 1 saturated heterocycles. The zero-order valence-electron chi connectivity index (χ0n) is 13.9. The van der Waals surface area contributed by atoms with Gasteiger partial charge in [-0.3, -0.25) is 19.4 Å². The van der Waals surface area contributed by atoms with Crippen LogP contribution >= 0.6 is 11.6 Å². The molecule has 0 radical (unpaired) electrons. The van der Waals surface area contributed by atoms with Gasteiger partial charge in [-0.15, -0.1) is 0 Å². The van der Waals surface area contributed by atoms with Crippen LogP contribution < -0.4 is 5.32 Å². The number of aromatic nitrogens is 1. The number of halogens is 1. The molecular weight excluding hydrogens is 348 g/mol. The van der Waals surface area contributed by atoms with Crippen molar-refractivity contribution < 1.29 is 19.8 Å². The molecule has 0 saturated carbocycles. The Bertz CT molecular complexity index is 576. The largest absolute Gasteiger partial charge is 0.481 e. The van der Waals surface area contributed by atoms with Crippen LogP contribution in [0.2, 0.25) is 5.15 Å². The maximum absolute atomic E-state index is 12.1. The average molecular weight is 371 g/mol. The number of carboxylic acids is 1. The number of carboxylic acid groups (broad SMARTS) is 1. The Hall–Kier alpha value is -1.74. The molecule has 1 fully saturated rings. The molecule has 1 aliphatic heterocycles. The van der Waals surface area contributed by atoms with Crippen molar-refractivity contribution in [3.05, 3.63) is 23.5 Å². The zero-order chi connectivity index (χ0) is 18.2. The lowest BCUT2D eigenvalue weighted by atomic mass is 10.0.